The molecule has 0 saturated heterocycles. The molecule has 3 rings (SSSR count). The van der Waals surface area contributed by atoms with E-state index < -0.39 is 29.6 Å². The summed E-state index contributed by atoms with van der Waals surface area (Å²) in [6, 6.07) is 8.04. The van der Waals surface area contributed by atoms with Crippen LogP contribution in [0, 0.1) is 11.8 Å². The predicted molar refractivity (Wildman–Crippen MR) is 126 cm³/mol. The summed E-state index contributed by atoms with van der Waals surface area (Å²) in [6.45, 7) is 7.86. The van der Waals surface area contributed by atoms with Crippen molar-refractivity contribution < 1.29 is 23.5 Å². The maximum absolute atomic E-state index is 12.6. The molecule has 8 heteroatoms. The molecule has 0 saturated carbocycles. The Kier molecular flexibility index (Phi) is 7.50. The highest BCUT2D eigenvalue weighted by Crippen LogP contribution is 2.29. The molecular formula is C25H30N2O6. The monoisotopic (exact) mass is 454 g/mol. The van der Waals surface area contributed by atoms with Crippen LogP contribution in [0.2, 0.25) is 0 Å². The number of hydrogen-bond donors (Lipinski definition) is 2. The van der Waals surface area contributed by atoms with E-state index in [9.17, 15) is 14.4 Å². The summed E-state index contributed by atoms with van der Waals surface area (Å²) >= 11 is 0. The normalized spacial score (nSPS) is 13.5. The summed E-state index contributed by atoms with van der Waals surface area (Å²) in [5.41, 5.74) is 11.4. The Labute approximate surface area is 191 Å². The van der Waals surface area contributed by atoms with Gasteiger partial charge in [0.2, 0.25) is 0 Å². The molecular weight excluding hydrogens is 424 g/mol. The van der Waals surface area contributed by atoms with Crippen LogP contribution in [0.4, 0.5) is 0 Å². The molecule has 1 aromatic heterocycles. The first-order valence-corrected chi connectivity index (χ1v) is 11.0. The Bertz CT molecular complexity index is 1230. The van der Waals surface area contributed by atoms with E-state index in [1.54, 1.807) is 24.3 Å². The van der Waals surface area contributed by atoms with Gasteiger partial charge in [-0.2, -0.15) is 0 Å². The molecule has 3 aromatic rings. The molecule has 0 radical (unpaired) electrons. The van der Waals surface area contributed by atoms with Crippen molar-refractivity contribution in [2.75, 3.05) is 0 Å². The number of fused-ring (bicyclic) bond motifs is 3. The zero-order valence-electron chi connectivity index (χ0n) is 19.3. The summed E-state index contributed by atoms with van der Waals surface area (Å²) < 4.78 is 16.1. The summed E-state index contributed by atoms with van der Waals surface area (Å²) in [5.74, 6) is -0.160. The first-order chi connectivity index (χ1) is 15.5. The van der Waals surface area contributed by atoms with Gasteiger partial charge in [-0.3, -0.25) is 0 Å². The van der Waals surface area contributed by atoms with Gasteiger partial charge in [-0.15, -0.1) is 0 Å². The number of benzene rings is 2. The number of carbonyl (C=O) groups is 2. The predicted octanol–water partition coefficient (Wildman–Crippen LogP) is 3.50. The number of esters is 2. The second-order valence-corrected chi connectivity index (χ2v) is 9.07. The van der Waals surface area contributed by atoms with E-state index in [1.165, 1.54) is 12.1 Å². The SMILES string of the molecule is CC(C)C[C@@H](N)C(=O)Oc1ccc2c(c1)oc(=O)c1cc(OC(=O)[C@H](N)CC(C)C)ccc12. The average Bonchev–Trinajstić information content (AvgIpc) is 2.72. The molecule has 0 aliphatic rings. The van der Waals surface area contributed by atoms with E-state index >= 15 is 0 Å². The molecule has 2 aromatic carbocycles. The zero-order chi connectivity index (χ0) is 24.3. The first kappa shape index (κ1) is 24.4. The van der Waals surface area contributed by atoms with Crippen LogP contribution >= 0.6 is 0 Å². The summed E-state index contributed by atoms with van der Waals surface area (Å²) in [6.07, 6.45) is 0.996. The van der Waals surface area contributed by atoms with E-state index in [0.717, 1.165) is 0 Å². The Hall–Kier alpha value is -3.23. The van der Waals surface area contributed by atoms with Gasteiger partial charge in [0.25, 0.3) is 0 Å². The van der Waals surface area contributed by atoms with Gasteiger partial charge in [0.1, 0.15) is 29.2 Å². The van der Waals surface area contributed by atoms with Crippen LogP contribution in [0.15, 0.2) is 45.6 Å². The third kappa shape index (κ3) is 5.97. The lowest BCUT2D eigenvalue weighted by Crippen LogP contribution is -2.35. The largest absolute Gasteiger partial charge is 0.425 e. The Morgan fingerprint density at radius 1 is 0.788 bits per heavy atom. The molecule has 0 bridgehead atoms. The van der Waals surface area contributed by atoms with Crippen molar-refractivity contribution in [2.45, 2.75) is 52.6 Å². The fraction of sp³-hybridized carbons (Fsp3) is 0.400. The van der Waals surface area contributed by atoms with Gasteiger partial charge in [0.05, 0.1) is 5.39 Å². The van der Waals surface area contributed by atoms with E-state index in [4.69, 9.17) is 25.4 Å². The second kappa shape index (κ2) is 10.1. The molecule has 4 N–H and O–H groups in total. The minimum Gasteiger partial charge on any atom is -0.425 e. The van der Waals surface area contributed by atoms with Crippen LogP contribution in [-0.2, 0) is 9.59 Å². The third-order valence-corrected chi connectivity index (χ3v) is 5.15. The van der Waals surface area contributed by atoms with E-state index in [2.05, 4.69) is 0 Å². The number of rotatable bonds is 8. The zero-order valence-corrected chi connectivity index (χ0v) is 19.3. The average molecular weight is 455 g/mol. The molecule has 176 valence electrons. The smallest absolute Gasteiger partial charge is 0.344 e. The number of ether oxygens (including phenoxy) is 2. The summed E-state index contributed by atoms with van der Waals surface area (Å²) in [7, 11) is 0. The second-order valence-electron chi connectivity index (χ2n) is 9.07. The molecule has 0 aliphatic heterocycles. The van der Waals surface area contributed by atoms with Crippen molar-refractivity contribution >= 4 is 33.7 Å². The molecule has 2 atom stereocenters. The van der Waals surface area contributed by atoms with Crippen molar-refractivity contribution in [2.24, 2.45) is 23.3 Å². The Morgan fingerprint density at radius 2 is 1.27 bits per heavy atom. The van der Waals surface area contributed by atoms with Gasteiger partial charge < -0.3 is 25.4 Å². The molecule has 0 aliphatic carbocycles. The van der Waals surface area contributed by atoms with Crippen molar-refractivity contribution in [3.05, 3.63) is 46.8 Å². The lowest BCUT2D eigenvalue weighted by Gasteiger charge is -2.14. The highest BCUT2D eigenvalue weighted by atomic mass is 16.5. The highest BCUT2D eigenvalue weighted by molar-refractivity contribution is 6.05. The van der Waals surface area contributed by atoms with Gasteiger partial charge >= 0.3 is 17.6 Å². The van der Waals surface area contributed by atoms with Crippen LogP contribution in [0.25, 0.3) is 21.7 Å². The van der Waals surface area contributed by atoms with Gasteiger partial charge in [-0.05, 0) is 55.0 Å². The molecule has 0 spiro atoms. The number of hydrogen-bond acceptors (Lipinski definition) is 8. The maximum Gasteiger partial charge on any atom is 0.344 e. The fourth-order valence-corrected chi connectivity index (χ4v) is 3.61. The quantitative estimate of drug-likeness (QED) is 0.228. The highest BCUT2D eigenvalue weighted by Gasteiger charge is 2.20. The lowest BCUT2D eigenvalue weighted by molar-refractivity contribution is -0.137. The van der Waals surface area contributed by atoms with Crippen LogP contribution in [-0.4, -0.2) is 24.0 Å². The van der Waals surface area contributed by atoms with Gasteiger partial charge in [0, 0.05) is 16.8 Å². The van der Waals surface area contributed by atoms with E-state index in [-0.39, 0.29) is 34.3 Å². The standard InChI is InChI=1S/C25H30N2O6/c1-13(2)9-20(26)24(29)31-15-5-7-17-18-8-6-16(32-25(30)21(27)10-14(3)4)12-22(18)33-23(28)19(17)11-15/h5-8,11-14,20-21H,9-10,26-27H2,1-4H3/t20-,21-/m1/s1. The molecule has 0 amide bonds. The Morgan fingerprint density at radius 3 is 1.79 bits per heavy atom. The summed E-state index contributed by atoms with van der Waals surface area (Å²) in [4.78, 5) is 37.0. The van der Waals surface area contributed by atoms with Crippen molar-refractivity contribution in [1.29, 1.82) is 0 Å². The van der Waals surface area contributed by atoms with Gasteiger partial charge in [-0.25, -0.2) is 14.4 Å². The lowest BCUT2D eigenvalue weighted by atomic mass is 10.0. The molecule has 0 fully saturated rings. The van der Waals surface area contributed by atoms with Crippen LogP contribution in [0.5, 0.6) is 11.5 Å². The van der Waals surface area contributed by atoms with Gasteiger partial charge in [0.15, 0.2) is 0 Å². The number of nitrogens with two attached hydrogens (primary N) is 2. The minimum atomic E-state index is -0.747. The Balaban J connectivity index is 1.87. The minimum absolute atomic E-state index is 0.211. The maximum atomic E-state index is 12.6. The molecule has 8 nitrogen and oxygen atoms in total. The van der Waals surface area contributed by atoms with Crippen molar-refractivity contribution in [1.82, 2.24) is 0 Å². The van der Waals surface area contributed by atoms with Crippen LogP contribution in [0.3, 0.4) is 0 Å². The third-order valence-electron chi connectivity index (χ3n) is 5.15. The molecule has 1 heterocycles. The fourth-order valence-electron chi connectivity index (χ4n) is 3.61. The summed E-state index contributed by atoms with van der Waals surface area (Å²) in [5, 5.41) is 1.51. The van der Waals surface area contributed by atoms with Crippen molar-refractivity contribution in [3.8, 4) is 11.5 Å². The number of carbonyl (C=O) groups excluding carboxylic acids is 2. The van der Waals surface area contributed by atoms with E-state index in [0.29, 0.717) is 23.6 Å². The van der Waals surface area contributed by atoms with Crippen LogP contribution in [0.1, 0.15) is 40.5 Å². The topological polar surface area (TPSA) is 135 Å². The van der Waals surface area contributed by atoms with Crippen LogP contribution < -0.4 is 26.6 Å². The molecule has 0 unspecified atom stereocenters. The molecule has 33 heavy (non-hydrogen) atoms. The van der Waals surface area contributed by atoms with Gasteiger partial charge in [-0.1, -0.05) is 27.7 Å². The first-order valence-electron chi connectivity index (χ1n) is 11.0. The van der Waals surface area contributed by atoms with Crippen molar-refractivity contribution in [3.63, 3.8) is 0 Å². The van der Waals surface area contributed by atoms with E-state index in [1.807, 2.05) is 27.7 Å².